The van der Waals surface area contributed by atoms with E-state index in [4.69, 9.17) is 0 Å². The highest BCUT2D eigenvalue weighted by molar-refractivity contribution is 5.84. The summed E-state index contributed by atoms with van der Waals surface area (Å²) in [5, 5.41) is 3.52. The van der Waals surface area contributed by atoms with E-state index < -0.39 is 0 Å². The Balaban J connectivity index is 2.05. The minimum atomic E-state index is 0.0301. The maximum absolute atomic E-state index is 12.4. The summed E-state index contributed by atoms with van der Waals surface area (Å²) in [6.45, 7) is 9.61. The fourth-order valence-electron chi connectivity index (χ4n) is 2.85. The second kappa shape index (κ2) is 4.97. The van der Waals surface area contributed by atoms with Crippen molar-refractivity contribution in [2.24, 2.45) is 17.8 Å². The third-order valence-electron chi connectivity index (χ3n) is 4.21. The van der Waals surface area contributed by atoms with Crippen molar-refractivity contribution in [2.75, 3.05) is 6.54 Å². The lowest BCUT2D eigenvalue weighted by molar-refractivity contribution is -0.132. The number of nitrogens with zero attached hydrogens (tertiary/aromatic N) is 1. The molecular formula is C14H26N2O. The average Bonchev–Trinajstić information content (AvgIpc) is 2.49. The molecule has 1 saturated heterocycles. The first kappa shape index (κ1) is 12.9. The molecule has 2 fully saturated rings. The quantitative estimate of drug-likeness (QED) is 0.814. The normalized spacial score (nSPS) is 30.5. The van der Waals surface area contributed by atoms with Crippen LogP contribution in [0.5, 0.6) is 0 Å². The molecule has 2 aliphatic rings. The Kier molecular flexibility index (Phi) is 3.76. The van der Waals surface area contributed by atoms with Crippen molar-refractivity contribution in [2.45, 2.75) is 59.2 Å². The fourth-order valence-corrected chi connectivity index (χ4v) is 2.85. The van der Waals surface area contributed by atoms with Crippen LogP contribution in [0.3, 0.4) is 0 Å². The van der Waals surface area contributed by atoms with Crippen LogP contribution >= 0.6 is 0 Å². The molecule has 0 aromatic carbocycles. The predicted molar refractivity (Wildman–Crippen MR) is 69.4 cm³/mol. The van der Waals surface area contributed by atoms with Gasteiger partial charge in [-0.25, -0.2) is 0 Å². The molecular weight excluding hydrogens is 212 g/mol. The van der Waals surface area contributed by atoms with Crippen LogP contribution in [-0.2, 0) is 4.79 Å². The van der Waals surface area contributed by atoms with Gasteiger partial charge < -0.3 is 4.90 Å². The van der Waals surface area contributed by atoms with Crippen LogP contribution in [-0.4, -0.2) is 29.6 Å². The highest BCUT2D eigenvalue weighted by atomic mass is 16.2. The third kappa shape index (κ3) is 2.49. The lowest BCUT2D eigenvalue weighted by Gasteiger charge is -2.34. The number of amides is 1. The van der Waals surface area contributed by atoms with E-state index >= 15 is 0 Å². The van der Waals surface area contributed by atoms with E-state index in [2.05, 4.69) is 37.9 Å². The highest BCUT2D eigenvalue weighted by Crippen LogP contribution is 2.30. The van der Waals surface area contributed by atoms with Gasteiger partial charge in [-0.2, -0.15) is 0 Å². The second-order valence-corrected chi connectivity index (χ2v) is 6.36. The van der Waals surface area contributed by atoms with E-state index in [-0.39, 0.29) is 12.2 Å². The lowest BCUT2D eigenvalue weighted by atomic mass is 9.85. The summed E-state index contributed by atoms with van der Waals surface area (Å²) in [5.41, 5.74) is 0. The standard InChI is InChI=1S/C14H26N2O/c1-9(2)12-14(17)16(8-11-6-5-7-11)13(15-12)10(3)4/h9-13,15H,5-8H2,1-4H3. The van der Waals surface area contributed by atoms with Crippen molar-refractivity contribution < 1.29 is 4.79 Å². The second-order valence-electron chi connectivity index (χ2n) is 6.36. The molecule has 1 aliphatic heterocycles. The Morgan fingerprint density at radius 2 is 1.88 bits per heavy atom. The van der Waals surface area contributed by atoms with Crippen LogP contribution in [0.4, 0.5) is 0 Å². The van der Waals surface area contributed by atoms with Crippen molar-refractivity contribution in [1.29, 1.82) is 0 Å². The summed E-state index contributed by atoms with van der Waals surface area (Å²) in [6, 6.07) is 0.0301. The fraction of sp³-hybridized carbons (Fsp3) is 0.929. The Morgan fingerprint density at radius 3 is 2.29 bits per heavy atom. The van der Waals surface area contributed by atoms with E-state index in [1.807, 2.05) is 0 Å². The molecule has 3 nitrogen and oxygen atoms in total. The number of carbonyl (C=O) groups is 1. The Labute approximate surface area is 105 Å². The van der Waals surface area contributed by atoms with Crippen LogP contribution in [0.2, 0.25) is 0 Å². The number of rotatable bonds is 4. The molecule has 0 bridgehead atoms. The van der Waals surface area contributed by atoms with Crippen molar-refractivity contribution in [1.82, 2.24) is 10.2 Å². The van der Waals surface area contributed by atoms with E-state index in [9.17, 15) is 4.79 Å². The minimum Gasteiger partial charge on any atom is -0.325 e. The smallest absolute Gasteiger partial charge is 0.241 e. The first-order valence-electron chi connectivity index (χ1n) is 7.07. The first-order valence-corrected chi connectivity index (χ1v) is 7.07. The average molecular weight is 238 g/mol. The van der Waals surface area contributed by atoms with Crippen LogP contribution in [0.15, 0.2) is 0 Å². The summed E-state index contributed by atoms with van der Waals surface area (Å²) in [4.78, 5) is 14.5. The third-order valence-corrected chi connectivity index (χ3v) is 4.21. The Morgan fingerprint density at radius 1 is 1.24 bits per heavy atom. The topological polar surface area (TPSA) is 32.3 Å². The minimum absolute atomic E-state index is 0.0301. The zero-order valence-electron chi connectivity index (χ0n) is 11.6. The molecule has 1 amide bonds. The monoisotopic (exact) mass is 238 g/mol. The Bertz CT molecular complexity index is 284. The van der Waals surface area contributed by atoms with E-state index in [0.29, 0.717) is 17.7 Å². The molecule has 0 aromatic heterocycles. The van der Waals surface area contributed by atoms with Gasteiger partial charge in [-0.1, -0.05) is 34.1 Å². The maximum Gasteiger partial charge on any atom is 0.241 e. The van der Waals surface area contributed by atoms with Gasteiger partial charge in [0.05, 0.1) is 12.2 Å². The molecule has 1 aliphatic carbocycles. The molecule has 1 N–H and O–H groups in total. The van der Waals surface area contributed by atoms with Crippen molar-refractivity contribution in [3.05, 3.63) is 0 Å². The number of nitrogens with one attached hydrogen (secondary N) is 1. The summed E-state index contributed by atoms with van der Waals surface area (Å²) >= 11 is 0. The van der Waals surface area contributed by atoms with Gasteiger partial charge in [0, 0.05) is 6.54 Å². The zero-order chi connectivity index (χ0) is 12.6. The Hall–Kier alpha value is -0.570. The van der Waals surface area contributed by atoms with E-state index in [0.717, 1.165) is 12.5 Å². The van der Waals surface area contributed by atoms with E-state index in [1.54, 1.807) is 0 Å². The van der Waals surface area contributed by atoms with Gasteiger partial charge in [0.25, 0.3) is 0 Å². The van der Waals surface area contributed by atoms with E-state index in [1.165, 1.54) is 19.3 Å². The molecule has 0 radical (unpaired) electrons. The van der Waals surface area contributed by atoms with Crippen LogP contribution in [0.1, 0.15) is 47.0 Å². The molecule has 2 unspecified atom stereocenters. The van der Waals surface area contributed by atoms with Gasteiger partial charge in [-0.3, -0.25) is 10.1 Å². The number of hydrogen-bond donors (Lipinski definition) is 1. The van der Waals surface area contributed by atoms with Gasteiger partial charge in [-0.15, -0.1) is 0 Å². The molecule has 1 saturated carbocycles. The summed E-state index contributed by atoms with van der Waals surface area (Å²) < 4.78 is 0. The van der Waals surface area contributed by atoms with Gasteiger partial charge >= 0.3 is 0 Å². The summed E-state index contributed by atoms with van der Waals surface area (Å²) in [5.74, 6) is 1.96. The highest BCUT2D eigenvalue weighted by Gasteiger charge is 2.42. The molecule has 0 spiro atoms. The van der Waals surface area contributed by atoms with Gasteiger partial charge in [-0.05, 0) is 30.6 Å². The van der Waals surface area contributed by atoms with Crippen molar-refractivity contribution in [3.8, 4) is 0 Å². The van der Waals surface area contributed by atoms with Gasteiger partial charge in [0.15, 0.2) is 0 Å². The van der Waals surface area contributed by atoms with Crippen LogP contribution in [0, 0.1) is 17.8 Å². The zero-order valence-corrected chi connectivity index (χ0v) is 11.6. The largest absolute Gasteiger partial charge is 0.325 e. The predicted octanol–water partition coefficient (Wildman–Crippen LogP) is 2.22. The molecule has 3 heteroatoms. The molecule has 1 heterocycles. The van der Waals surface area contributed by atoms with Gasteiger partial charge in [0.1, 0.15) is 0 Å². The SMILES string of the molecule is CC(C)C1NC(C(C)C)N(CC2CCC2)C1=O. The van der Waals surface area contributed by atoms with Crippen LogP contribution in [0.25, 0.3) is 0 Å². The molecule has 2 atom stereocenters. The maximum atomic E-state index is 12.4. The van der Waals surface area contributed by atoms with Crippen molar-refractivity contribution >= 4 is 5.91 Å². The van der Waals surface area contributed by atoms with Gasteiger partial charge in [0.2, 0.25) is 5.91 Å². The molecule has 17 heavy (non-hydrogen) atoms. The number of carbonyl (C=O) groups excluding carboxylic acids is 1. The lowest BCUT2D eigenvalue weighted by Crippen LogP contribution is -2.44. The number of hydrogen-bond acceptors (Lipinski definition) is 2. The first-order chi connectivity index (χ1) is 8.00. The molecule has 98 valence electrons. The summed E-state index contributed by atoms with van der Waals surface area (Å²) in [7, 11) is 0. The van der Waals surface area contributed by atoms with Crippen LogP contribution < -0.4 is 5.32 Å². The molecule has 0 aromatic rings. The molecule has 2 rings (SSSR count). The summed E-state index contributed by atoms with van der Waals surface area (Å²) in [6.07, 6.45) is 4.21. The van der Waals surface area contributed by atoms with Crippen molar-refractivity contribution in [3.63, 3.8) is 0 Å².